The van der Waals surface area contributed by atoms with Crippen LogP contribution >= 0.6 is 0 Å². The van der Waals surface area contributed by atoms with Gasteiger partial charge in [-0.15, -0.1) is 0 Å². The number of carbonyl (C=O) groups excluding carboxylic acids is 1. The van der Waals surface area contributed by atoms with Gasteiger partial charge in [0.15, 0.2) is 0 Å². The molecule has 0 saturated heterocycles. The third kappa shape index (κ3) is 4.34. The predicted molar refractivity (Wildman–Crippen MR) is 102 cm³/mol. The Labute approximate surface area is 158 Å². The third-order valence-electron chi connectivity index (χ3n) is 4.94. The zero-order valence-electron chi connectivity index (χ0n) is 15.0. The Morgan fingerprint density at radius 1 is 1.15 bits per heavy atom. The molecule has 0 bridgehead atoms. The Morgan fingerprint density at radius 2 is 2.00 bits per heavy atom. The molecule has 4 rings (SSSR count). The maximum atomic E-state index is 12.5. The number of nitrogens with zero attached hydrogens (tertiary/aromatic N) is 2. The van der Waals surface area contributed by atoms with Crippen molar-refractivity contribution >= 4 is 11.8 Å². The molecule has 1 saturated carbocycles. The van der Waals surface area contributed by atoms with Crippen LogP contribution in [-0.4, -0.2) is 16.0 Å². The highest BCUT2D eigenvalue weighted by molar-refractivity contribution is 5.88. The molecule has 1 aliphatic carbocycles. The fourth-order valence-corrected chi connectivity index (χ4v) is 3.23. The van der Waals surface area contributed by atoms with Crippen LogP contribution in [-0.2, 0) is 6.42 Å². The number of rotatable bonds is 6. The van der Waals surface area contributed by atoms with E-state index in [1.54, 1.807) is 6.20 Å². The Morgan fingerprint density at radius 3 is 2.63 bits per heavy atom. The number of aromatic nitrogens is 2. The molecule has 2 aromatic heterocycles. The van der Waals surface area contributed by atoms with Crippen LogP contribution in [0.2, 0.25) is 0 Å². The lowest BCUT2D eigenvalue weighted by Gasteiger charge is -2.25. The maximum absolute atomic E-state index is 12.5. The highest BCUT2D eigenvalue weighted by Crippen LogP contribution is 2.36. The first-order valence-corrected chi connectivity index (χ1v) is 9.25. The van der Waals surface area contributed by atoms with Crippen LogP contribution in [0.25, 0.3) is 0 Å². The molecule has 1 atom stereocenters. The molecular weight excluding hydrogens is 340 g/mol. The summed E-state index contributed by atoms with van der Waals surface area (Å²) in [6, 6.07) is 13.1. The van der Waals surface area contributed by atoms with Crippen molar-refractivity contribution in [3.8, 4) is 0 Å². The van der Waals surface area contributed by atoms with Gasteiger partial charge in [0.05, 0.1) is 6.20 Å². The van der Waals surface area contributed by atoms with Crippen LogP contribution < -0.4 is 10.6 Å². The van der Waals surface area contributed by atoms with E-state index in [1.165, 1.54) is 31.1 Å². The summed E-state index contributed by atoms with van der Waals surface area (Å²) in [5.41, 5.74) is 2.33. The SMILES string of the molecule is O=C(Nc1ccc(C2CCC2)cn1)NC(Cc1ccccc1)c1ncco1. The lowest BCUT2D eigenvalue weighted by Crippen LogP contribution is -2.34. The summed E-state index contributed by atoms with van der Waals surface area (Å²) >= 11 is 0. The lowest BCUT2D eigenvalue weighted by molar-refractivity contribution is 0.245. The summed E-state index contributed by atoms with van der Waals surface area (Å²) in [6.07, 6.45) is 9.27. The Hall–Kier alpha value is -3.15. The highest BCUT2D eigenvalue weighted by Gasteiger charge is 2.21. The van der Waals surface area contributed by atoms with E-state index in [-0.39, 0.29) is 12.1 Å². The summed E-state index contributed by atoms with van der Waals surface area (Å²) in [5, 5.41) is 5.72. The number of anilines is 1. The molecule has 2 amide bonds. The fraction of sp³-hybridized carbons (Fsp3) is 0.286. The second kappa shape index (κ2) is 8.03. The lowest BCUT2D eigenvalue weighted by atomic mass is 9.81. The van der Waals surface area contributed by atoms with Crippen LogP contribution in [0.3, 0.4) is 0 Å². The Balaban J connectivity index is 1.40. The van der Waals surface area contributed by atoms with Crippen LogP contribution in [0.1, 0.15) is 48.2 Å². The van der Waals surface area contributed by atoms with Crippen molar-refractivity contribution < 1.29 is 9.21 Å². The molecule has 1 aliphatic rings. The number of pyridine rings is 1. The zero-order valence-corrected chi connectivity index (χ0v) is 15.0. The quantitative estimate of drug-likeness (QED) is 0.679. The van der Waals surface area contributed by atoms with Gasteiger partial charge in [0.1, 0.15) is 18.1 Å². The van der Waals surface area contributed by atoms with Crippen LogP contribution in [0.4, 0.5) is 10.6 Å². The number of benzene rings is 1. The minimum absolute atomic E-state index is 0.335. The van der Waals surface area contributed by atoms with Crippen molar-refractivity contribution in [1.29, 1.82) is 0 Å². The van der Waals surface area contributed by atoms with Gasteiger partial charge in [0.2, 0.25) is 5.89 Å². The first-order valence-electron chi connectivity index (χ1n) is 9.25. The summed E-state index contributed by atoms with van der Waals surface area (Å²) in [7, 11) is 0. The van der Waals surface area contributed by atoms with E-state index < -0.39 is 0 Å². The van der Waals surface area contributed by atoms with Gasteiger partial charge < -0.3 is 9.73 Å². The first-order chi connectivity index (χ1) is 13.3. The average Bonchev–Trinajstić information content (AvgIpc) is 3.17. The molecule has 0 spiro atoms. The van der Waals surface area contributed by atoms with Crippen molar-refractivity contribution in [3.05, 3.63) is 78.1 Å². The number of oxazole rings is 1. The van der Waals surface area contributed by atoms with Crippen molar-refractivity contribution in [1.82, 2.24) is 15.3 Å². The number of carbonyl (C=O) groups is 1. The van der Waals surface area contributed by atoms with E-state index in [0.29, 0.717) is 24.0 Å². The van der Waals surface area contributed by atoms with Gasteiger partial charge in [-0.3, -0.25) is 5.32 Å². The third-order valence-corrected chi connectivity index (χ3v) is 4.94. The summed E-state index contributed by atoms with van der Waals surface area (Å²) in [4.78, 5) is 21.0. The highest BCUT2D eigenvalue weighted by atomic mass is 16.3. The number of hydrogen-bond acceptors (Lipinski definition) is 4. The van der Waals surface area contributed by atoms with Crippen LogP contribution in [0.15, 0.2) is 65.5 Å². The number of hydrogen-bond donors (Lipinski definition) is 2. The van der Waals surface area contributed by atoms with E-state index in [4.69, 9.17) is 4.42 Å². The van der Waals surface area contributed by atoms with E-state index in [9.17, 15) is 4.79 Å². The van der Waals surface area contributed by atoms with Gasteiger partial charge in [-0.25, -0.2) is 14.8 Å². The predicted octanol–water partition coefficient (Wildman–Crippen LogP) is 4.44. The molecule has 0 radical (unpaired) electrons. The van der Waals surface area contributed by atoms with Gasteiger partial charge in [-0.2, -0.15) is 0 Å². The van der Waals surface area contributed by atoms with Gasteiger partial charge in [-0.1, -0.05) is 42.8 Å². The zero-order chi connectivity index (χ0) is 18.5. The van der Waals surface area contributed by atoms with Gasteiger partial charge in [0.25, 0.3) is 0 Å². The molecule has 6 heteroatoms. The molecule has 27 heavy (non-hydrogen) atoms. The van der Waals surface area contributed by atoms with Gasteiger partial charge in [-0.05, 0) is 36.0 Å². The monoisotopic (exact) mass is 362 g/mol. The second-order valence-electron chi connectivity index (χ2n) is 6.82. The first kappa shape index (κ1) is 17.3. The average molecular weight is 362 g/mol. The second-order valence-corrected chi connectivity index (χ2v) is 6.82. The summed E-state index contributed by atoms with van der Waals surface area (Å²) in [5.74, 6) is 1.63. The largest absolute Gasteiger partial charge is 0.447 e. The smallest absolute Gasteiger partial charge is 0.321 e. The van der Waals surface area contributed by atoms with E-state index in [2.05, 4.69) is 20.6 Å². The van der Waals surface area contributed by atoms with E-state index >= 15 is 0 Å². The van der Waals surface area contributed by atoms with Crippen LogP contribution in [0.5, 0.6) is 0 Å². The van der Waals surface area contributed by atoms with Crippen molar-refractivity contribution in [2.45, 2.75) is 37.6 Å². The van der Waals surface area contributed by atoms with Crippen molar-refractivity contribution in [3.63, 3.8) is 0 Å². The summed E-state index contributed by atoms with van der Waals surface area (Å²) in [6.45, 7) is 0. The standard InChI is InChI=1S/C21H22N4O2/c26-21(25-19-10-9-17(14-23-19)16-7-4-8-16)24-18(20-22-11-12-27-20)13-15-5-2-1-3-6-15/h1-3,5-6,9-12,14,16,18H,4,7-8,13H2,(H2,23,24,25,26). The molecular formula is C21H22N4O2. The van der Waals surface area contributed by atoms with Crippen molar-refractivity contribution in [2.24, 2.45) is 0 Å². The maximum Gasteiger partial charge on any atom is 0.321 e. The van der Waals surface area contributed by atoms with Crippen molar-refractivity contribution in [2.75, 3.05) is 5.32 Å². The molecule has 0 aliphatic heterocycles. The number of amides is 2. The van der Waals surface area contributed by atoms with Gasteiger partial charge in [0, 0.05) is 12.6 Å². The van der Waals surface area contributed by atoms with Gasteiger partial charge >= 0.3 is 6.03 Å². The van der Waals surface area contributed by atoms with Crippen LogP contribution in [0, 0.1) is 0 Å². The Kier molecular flexibility index (Phi) is 5.14. The molecule has 2 N–H and O–H groups in total. The minimum atomic E-state index is -0.364. The topological polar surface area (TPSA) is 80.0 Å². The Bertz CT molecular complexity index is 859. The van der Waals surface area contributed by atoms with E-state index in [0.717, 1.165) is 5.56 Å². The summed E-state index contributed by atoms with van der Waals surface area (Å²) < 4.78 is 5.41. The molecule has 3 aromatic rings. The minimum Gasteiger partial charge on any atom is -0.447 e. The molecule has 1 aromatic carbocycles. The molecule has 1 unspecified atom stereocenters. The normalized spacial score (nSPS) is 15.0. The molecule has 1 fully saturated rings. The fourth-order valence-electron chi connectivity index (χ4n) is 3.23. The number of urea groups is 1. The van der Waals surface area contributed by atoms with E-state index in [1.807, 2.05) is 48.7 Å². The molecule has 2 heterocycles. The molecule has 6 nitrogen and oxygen atoms in total. The molecule has 138 valence electrons. The number of nitrogens with one attached hydrogen (secondary N) is 2.